The molecule has 0 amide bonds. The molecule has 0 bridgehead atoms. The Morgan fingerprint density at radius 3 is 2.71 bits per heavy atom. The third-order valence-electron chi connectivity index (χ3n) is 5.68. The average Bonchev–Trinajstić information content (AvgIpc) is 2.96. The van der Waals surface area contributed by atoms with Gasteiger partial charge in [0, 0.05) is 44.0 Å². The van der Waals surface area contributed by atoms with Gasteiger partial charge in [-0.05, 0) is 38.7 Å². The normalized spacial score (nSPS) is 17.3. The standard InChI is InChI=1S/C20H25N5O3/c1-11-16(22-12(2)17(11)20(27)28)10-25-8-6-14-13(9-25)19(26)24-18(23-14)15-5-3-4-7-21-15/h22H,3-10H2,1-2H3,(H,27,28)(H,23,24,26). The van der Waals surface area contributed by atoms with Crippen LogP contribution in [0.1, 0.15) is 63.7 Å². The summed E-state index contributed by atoms with van der Waals surface area (Å²) in [6.07, 6.45) is 3.74. The van der Waals surface area contributed by atoms with E-state index in [9.17, 15) is 14.7 Å². The molecule has 0 atom stereocenters. The number of carboxylic acid groups (broad SMARTS) is 1. The second kappa shape index (κ2) is 7.35. The quantitative estimate of drug-likeness (QED) is 0.746. The van der Waals surface area contributed by atoms with Crippen molar-refractivity contribution in [1.82, 2.24) is 19.9 Å². The summed E-state index contributed by atoms with van der Waals surface area (Å²) in [6, 6.07) is 0. The number of nitrogens with one attached hydrogen (secondary N) is 2. The summed E-state index contributed by atoms with van der Waals surface area (Å²) >= 11 is 0. The molecule has 0 unspecified atom stereocenters. The molecular weight excluding hydrogens is 358 g/mol. The Morgan fingerprint density at radius 1 is 1.21 bits per heavy atom. The van der Waals surface area contributed by atoms with E-state index in [1.807, 2.05) is 6.92 Å². The molecule has 0 aliphatic carbocycles. The number of aromatic nitrogens is 3. The van der Waals surface area contributed by atoms with Gasteiger partial charge >= 0.3 is 5.97 Å². The zero-order valence-corrected chi connectivity index (χ0v) is 16.3. The molecule has 2 aliphatic rings. The topological polar surface area (TPSA) is 114 Å². The van der Waals surface area contributed by atoms with E-state index < -0.39 is 5.97 Å². The second-order valence-electron chi connectivity index (χ2n) is 7.62. The van der Waals surface area contributed by atoms with Crippen LogP contribution < -0.4 is 5.56 Å². The van der Waals surface area contributed by atoms with Gasteiger partial charge in [0.2, 0.25) is 0 Å². The number of aliphatic imine (C=N–C) groups is 1. The van der Waals surface area contributed by atoms with Crippen molar-refractivity contribution < 1.29 is 9.90 Å². The molecule has 2 aromatic rings. The van der Waals surface area contributed by atoms with Gasteiger partial charge in [-0.1, -0.05) is 0 Å². The highest BCUT2D eigenvalue weighted by molar-refractivity contribution is 5.97. The lowest BCUT2D eigenvalue weighted by Crippen LogP contribution is -2.36. The lowest BCUT2D eigenvalue weighted by Gasteiger charge is -2.27. The van der Waals surface area contributed by atoms with Gasteiger partial charge in [0.15, 0.2) is 5.82 Å². The summed E-state index contributed by atoms with van der Waals surface area (Å²) in [5.74, 6) is -0.292. The third kappa shape index (κ3) is 3.40. The Balaban J connectivity index is 1.56. The largest absolute Gasteiger partial charge is 0.478 e. The molecule has 0 saturated heterocycles. The summed E-state index contributed by atoms with van der Waals surface area (Å²) in [7, 11) is 0. The van der Waals surface area contributed by atoms with Gasteiger partial charge in [-0.25, -0.2) is 9.78 Å². The van der Waals surface area contributed by atoms with Crippen molar-refractivity contribution >= 4 is 11.7 Å². The molecule has 4 heterocycles. The number of carboxylic acids is 1. The van der Waals surface area contributed by atoms with Crippen molar-refractivity contribution in [3.05, 3.63) is 50.0 Å². The van der Waals surface area contributed by atoms with Gasteiger partial charge in [-0.3, -0.25) is 14.7 Å². The van der Waals surface area contributed by atoms with E-state index >= 15 is 0 Å². The van der Waals surface area contributed by atoms with E-state index in [0.717, 1.165) is 55.0 Å². The Bertz CT molecular complexity index is 1020. The van der Waals surface area contributed by atoms with E-state index in [2.05, 4.69) is 19.9 Å². The Morgan fingerprint density at radius 2 is 2.04 bits per heavy atom. The summed E-state index contributed by atoms with van der Waals surface area (Å²) < 4.78 is 0. The van der Waals surface area contributed by atoms with Gasteiger partial charge in [0.25, 0.3) is 5.56 Å². The van der Waals surface area contributed by atoms with Crippen LogP contribution in [0.3, 0.4) is 0 Å². The Kier molecular flexibility index (Phi) is 4.89. The summed E-state index contributed by atoms with van der Waals surface area (Å²) in [4.78, 5) is 41.6. The molecule has 2 aromatic heterocycles. The SMILES string of the molecule is Cc1[nH]c(CN2CCc3nc(C4=NCCCC4)[nH]c(=O)c3C2)c(C)c1C(=O)O. The van der Waals surface area contributed by atoms with Gasteiger partial charge in [-0.15, -0.1) is 0 Å². The monoisotopic (exact) mass is 383 g/mol. The number of rotatable bonds is 4. The predicted octanol–water partition coefficient (Wildman–Crippen LogP) is 1.94. The molecule has 2 aliphatic heterocycles. The van der Waals surface area contributed by atoms with Crippen LogP contribution >= 0.6 is 0 Å². The van der Waals surface area contributed by atoms with Gasteiger partial charge in [0.1, 0.15) is 0 Å². The van der Waals surface area contributed by atoms with Crippen LogP contribution in [0, 0.1) is 13.8 Å². The minimum atomic E-state index is -0.916. The molecule has 0 fully saturated rings. The highest BCUT2D eigenvalue weighted by Crippen LogP contribution is 2.22. The highest BCUT2D eigenvalue weighted by Gasteiger charge is 2.25. The molecule has 0 radical (unpaired) electrons. The van der Waals surface area contributed by atoms with Crippen LogP contribution in [0.2, 0.25) is 0 Å². The minimum Gasteiger partial charge on any atom is -0.478 e. The fraction of sp³-hybridized carbons (Fsp3) is 0.500. The number of nitrogens with zero attached hydrogens (tertiary/aromatic N) is 3. The number of fused-ring (bicyclic) bond motifs is 1. The number of H-pyrrole nitrogens is 2. The van der Waals surface area contributed by atoms with E-state index in [1.165, 1.54) is 0 Å². The van der Waals surface area contributed by atoms with Crippen LogP contribution in [0.15, 0.2) is 9.79 Å². The number of carbonyl (C=O) groups is 1. The number of hydrogen-bond acceptors (Lipinski definition) is 5. The fourth-order valence-electron chi connectivity index (χ4n) is 4.16. The highest BCUT2D eigenvalue weighted by atomic mass is 16.4. The van der Waals surface area contributed by atoms with Crippen molar-refractivity contribution in [2.45, 2.75) is 52.6 Å². The molecule has 148 valence electrons. The Hall–Kier alpha value is -2.74. The fourth-order valence-corrected chi connectivity index (χ4v) is 4.16. The van der Waals surface area contributed by atoms with E-state index in [1.54, 1.807) is 6.92 Å². The smallest absolute Gasteiger partial charge is 0.337 e. The molecule has 0 saturated carbocycles. The maximum Gasteiger partial charge on any atom is 0.337 e. The molecule has 3 N–H and O–H groups in total. The molecule has 4 rings (SSSR count). The lowest BCUT2D eigenvalue weighted by atomic mass is 10.0. The first-order valence-corrected chi connectivity index (χ1v) is 9.73. The maximum atomic E-state index is 12.7. The average molecular weight is 383 g/mol. The maximum absolute atomic E-state index is 12.7. The molecular formula is C20H25N5O3. The van der Waals surface area contributed by atoms with Crippen LogP contribution in [-0.2, 0) is 19.5 Å². The van der Waals surface area contributed by atoms with Gasteiger partial charge in [0.05, 0.1) is 22.5 Å². The van der Waals surface area contributed by atoms with Gasteiger partial charge < -0.3 is 15.1 Å². The molecule has 0 aromatic carbocycles. The van der Waals surface area contributed by atoms with E-state index in [-0.39, 0.29) is 5.56 Å². The van der Waals surface area contributed by atoms with E-state index in [4.69, 9.17) is 4.98 Å². The van der Waals surface area contributed by atoms with Crippen molar-refractivity contribution in [1.29, 1.82) is 0 Å². The Labute approximate surface area is 162 Å². The van der Waals surface area contributed by atoms with Crippen molar-refractivity contribution in [2.24, 2.45) is 4.99 Å². The van der Waals surface area contributed by atoms with Crippen molar-refractivity contribution in [3.8, 4) is 0 Å². The molecule has 28 heavy (non-hydrogen) atoms. The van der Waals surface area contributed by atoms with Crippen molar-refractivity contribution in [3.63, 3.8) is 0 Å². The minimum absolute atomic E-state index is 0.0939. The van der Waals surface area contributed by atoms with Crippen LogP contribution in [0.5, 0.6) is 0 Å². The summed E-state index contributed by atoms with van der Waals surface area (Å²) in [5, 5.41) is 9.37. The molecule has 8 nitrogen and oxygen atoms in total. The zero-order valence-electron chi connectivity index (χ0n) is 16.3. The first kappa shape index (κ1) is 18.6. The van der Waals surface area contributed by atoms with Crippen molar-refractivity contribution in [2.75, 3.05) is 13.1 Å². The first-order chi connectivity index (χ1) is 13.4. The summed E-state index contributed by atoms with van der Waals surface area (Å²) in [5.41, 5.74) is 5.01. The first-order valence-electron chi connectivity index (χ1n) is 9.73. The number of aromatic amines is 2. The number of hydrogen-bond donors (Lipinski definition) is 3. The number of aromatic carboxylic acids is 1. The van der Waals surface area contributed by atoms with Gasteiger partial charge in [-0.2, -0.15) is 0 Å². The van der Waals surface area contributed by atoms with Crippen LogP contribution in [-0.4, -0.2) is 49.7 Å². The molecule has 8 heteroatoms. The van der Waals surface area contributed by atoms with Crippen LogP contribution in [0.25, 0.3) is 0 Å². The zero-order chi connectivity index (χ0) is 19.8. The summed E-state index contributed by atoms with van der Waals surface area (Å²) in [6.45, 7) is 6.26. The van der Waals surface area contributed by atoms with Crippen LogP contribution in [0.4, 0.5) is 0 Å². The second-order valence-corrected chi connectivity index (χ2v) is 7.62. The molecule has 0 spiro atoms. The van der Waals surface area contributed by atoms with E-state index in [0.29, 0.717) is 42.2 Å². The third-order valence-corrected chi connectivity index (χ3v) is 5.68. The predicted molar refractivity (Wildman–Crippen MR) is 105 cm³/mol. The lowest BCUT2D eigenvalue weighted by molar-refractivity contribution is 0.0695. The number of aryl methyl sites for hydroxylation is 1.